The van der Waals surface area contributed by atoms with E-state index in [2.05, 4.69) is 29.6 Å². The van der Waals surface area contributed by atoms with Crippen LogP contribution in [-0.2, 0) is 22.6 Å². The molecule has 144 valence electrons. The van der Waals surface area contributed by atoms with E-state index in [0.29, 0.717) is 32.0 Å². The number of nitrogens with zero attached hydrogens (tertiary/aromatic N) is 2. The van der Waals surface area contributed by atoms with Gasteiger partial charge in [-0.2, -0.15) is 0 Å². The zero-order chi connectivity index (χ0) is 18.5. The summed E-state index contributed by atoms with van der Waals surface area (Å²) < 4.78 is 5.29. The monoisotopic (exact) mass is 362 g/mol. The maximum absolute atomic E-state index is 12.6. The zero-order valence-corrected chi connectivity index (χ0v) is 15.8. The number of aromatic nitrogens is 1. The summed E-state index contributed by atoms with van der Waals surface area (Å²) in [7, 11) is 0. The molecule has 3 rings (SSSR count). The van der Waals surface area contributed by atoms with Gasteiger partial charge in [0.1, 0.15) is 11.5 Å². The molecule has 2 amide bonds. The summed E-state index contributed by atoms with van der Waals surface area (Å²) in [5, 5.41) is 10.2. The molecule has 2 aliphatic rings. The fourth-order valence-corrected chi connectivity index (χ4v) is 3.79. The van der Waals surface area contributed by atoms with Crippen LogP contribution in [0, 0.1) is 17.8 Å². The molecular weight excluding hydrogens is 332 g/mol. The zero-order valence-electron chi connectivity index (χ0n) is 15.8. The molecule has 0 unspecified atom stereocenters. The predicted octanol–water partition coefficient (Wildman–Crippen LogP) is 1.34. The topological polar surface area (TPSA) is 87.5 Å². The highest BCUT2D eigenvalue weighted by Crippen LogP contribution is 2.21. The van der Waals surface area contributed by atoms with Gasteiger partial charge in [-0.25, -0.2) is 0 Å². The van der Waals surface area contributed by atoms with Crippen molar-refractivity contribution in [2.45, 2.75) is 46.1 Å². The van der Waals surface area contributed by atoms with Crippen molar-refractivity contribution in [3.05, 3.63) is 17.5 Å². The molecule has 0 aliphatic carbocycles. The van der Waals surface area contributed by atoms with E-state index in [1.54, 1.807) is 0 Å². The molecule has 2 saturated heterocycles. The number of hydrogen-bond acceptors (Lipinski definition) is 5. The van der Waals surface area contributed by atoms with Gasteiger partial charge in [-0.05, 0) is 25.2 Å². The van der Waals surface area contributed by atoms with Crippen LogP contribution in [0.15, 0.2) is 10.6 Å². The van der Waals surface area contributed by atoms with Crippen molar-refractivity contribution in [2.75, 3.05) is 26.2 Å². The fourth-order valence-electron chi connectivity index (χ4n) is 3.79. The van der Waals surface area contributed by atoms with Gasteiger partial charge < -0.3 is 20.1 Å². The van der Waals surface area contributed by atoms with Crippen LogP contribution in [0.4, 0.5) is 0 Å². The standard InChI is InChI=1S/C19H30N4O3/c1-13(2)7-17-9-16(22-26-17)12-21-18(24)14-8-15(11-20-10-14)19(25)23-5-3-4-6-23/h9,13-15,20H,3-8,10-12H2,1-2H3,(H,21,24)/t14-,15+/m1/s1. The van der Waals surface area contributed by atoms with Gasteiger partial charge in [0.05, 0.1) is 18.4 Å². The molecule has 0 bridgehead atoms. The Labute approximate surface area is 154 Å². The van der Waals surface area contributed by atoms with Gasteiger partial charge >= 0.3 is 0 Å². The third-order valence-corrected chi connectivity index (χ3v) is 5.15. The maximum atomic E-state index is 12.6. The molecule has 0 aromatic carbocycles. The first-order chi connectivity index (χ1) is 12.5. The Morgan fingerprint density at radius 3 is 2.77 bits per heavy atom. The first kappa shape index (κ1) is 18.9. The van der Waals surface area contributed by atoms with Crippen LogP contribution >= 0.6 is 0 Å². The summed E-state index contributed by atoms with van der Waals surface area (Å²) in [5.74, 6) is 1.25. The Kier molecular flexibility index (Phi) is 6.29. The Bertz CT molecular complexity index is 622. The molecule has 0 saturated carbocycles. The van der Waals surface area contributed by atoms with Crippen LogP contribution in [0.5, 0.6) is 0 Å². The minimum absolute atomic E-state index is 0.0233. The number of hydrogen-bond donors (Lipinski definition) is 2. The normalized spacial score (nSPS) is 23.4. The highest BCUT2D eigenvalue weighted by atomic mass is 16.5. The number of likely N-dealkylation sites (tertiary alicyclic amines) is 1. The van der Waals surface area contributed by atoms with E-state index in [9.17, 15) is 9.59 Å². The average Bonchev–Trinajstić information content (AvgIpc) is 3.30. The van der Waals surface area contributed by atoms with Crippen molar-refractivity contribution in [3.63, 3.8) is 0 Å². The number of rotatable bonds is 6. The number of carbonyl (C=O) groups excluding carboxylic acids is 2. The van der Waals surface area contributed by atoms with Crippen LogP contribution in [0.2, 0.25) is 0 Å². The number of amides is 2. The summed E-state index contributed by atoms with van der Waals surface area (Å²) in [6.45, 7) is 7.61. The second-order valence-electron chi connectivity index (χ2n) is 7.92. The van der Waals surface area contributed by atoms with Crippen LogP contribution in [0.1, 0.15) is 44.6 Å². The number of piperidine rings is 1. The van der Waals surface area contributed by atoms with Crippen molar-refractivity contribution in [1.82, 2.24) is 20.7 Å². The molecule has 2 atom stereocenters. The van der Waals surface area contributed by atoms with E-state index < -0.39 is 0 Å². The summed E-state index contributed by atoms with van der Waals surface area (Å²) in [6, 6.07) is 1.90. The lowest BCUT2D eigenvalue weighted by Crippen LogP contribution is -2.48. The molecular formula is C19H30N4O3. The second-order valence-corrected chi connectivity index (χ2v) is 7.92. The quantitative estimate of drug-likeness (QED) is 0.797. The third-order valence-electron chi connectivity index (χ3n) is 5.15. The van der Waals surface area contributed by atoms with Crippen LogP contribution in [0.25, 0.3) is 0 Å². The minimum Gasteiger partial charge on any atom is -0.361 e. The Balaban J connectivity index is 1.48. The third kappa shape index (κ3) is 4.84. The van der Waals surface area contributed by atoms with Crippen molar-refractivity contribution in [1.29, 1.82) is 0 Å². The van der Waals surface area contributed by atoms with E-state index in [4.69, 9.17) is 4.52 Å². The molecule has 0 radical (unpaired) electrons. The smallest absolute Gasteiger partial charge is 0.226 e. The molecule has 26 heavy (non-hydrogen) atoms. The first-order valence-corrected chi connectivity index (χ1v) is 9.74. The molecule has 2 fully saturated rings. The van der Waals surface area contributed by atoms with E-state index >= 15 is 0 Å². The van der Waals surface area contributed by atoms with Crippen molar-refractivity contribution < 1.29 is 14.1 Å². The van der Waals surface area contributed by atoms with Crippen molar-refractivity contribution >= 4 is 11.8 Å². The largest absolute Gasteiger partial charge is 0.361 e. The van der Waals surface area contributed by atoms with Crippen LogP contribution in [0.3, 0.4) is 0 Å². The molecule has 1 aromatic rings. The summed E-state index contributed by atoms with van der Waals surface area (Å²) in [6.07, 6.45) is 3.64. The summed E-state index contributed by atoms with van der Waals surface area (Å²) in [5.41, 5.74) is 0.738. The molecule has 2 N–H and O–H groups in total. The predicted molar refractivity (Wildman–Crippen MR) is 97.2 cm³/mol. The molecule has 2 aliphatic heterocycles. The van der Waals surface area contributed by atoms with Crippen LogP contribution in [-0.4, -0.2) is 48.0 Å². The molecule has 7 heteroatoms. The Hall–Kier alpha value is -1.89. The molecule has 1 aromatic heterocycles. The van der Waals surface area contributed by atoms with Crippen LogP contribution < -0.4 is 10.6 Å². The second kappa shape index (κ2) is 8.66. The maximum Gasteiger partial charge on any atom is 0.226 e. The van der Waals surface area contributed by atoms with Gasteiger partial charge in [-0.1, -0.05) is 19.0 Å². The Morgan fingerprint density at radius 2 is 2.04 bits per heavy atom. The fraction of sp³-hybridized carbons (Fsp3) is 0.737. The highest BCUT2D eigenvalue weighted by molar-refractivity contribution is 5.83. The first-order valence-electron chi connectivity index (χ1n) is 9.74. The lowest BCUT2D eigenvalue weighted by Gasteiger charge is -2.31. The van der Waals surface area contributed by atoms with Crippen molar-refractivity contribution in [2.24, 2.45) is 17.8 Å². The molecule has 7 nitrogen and oxygen atoms in total. The van der Waals surface area contributed by atoms with Crippen molar-refractivity contribution in [3.8, 4) is 0 Å². The minimum atomic E-state index is -0.178. The van der Waals surface area contributed by atoms with Gasteiger partial charge in [0, 0.05) is 38.7 Å². The van der Waals surface area contributed by atoms with E-state index in [1.807, 2.05) is 11.0 Å². The lowest BCUT2D eigenvalue weighted by molar-refractivity contribution is -0.136. The summed E-state index contributed by atoms with van der Waals surface area (Å²) >= 11 is 0. The summed E-state index contributed by atoms with van der Waals surface area (Å²) in [4.78, 5) is 27.0. The lowest BCUT2D eigenvalue weighted by atomic mass is 9.89. The average molecular weight is 362 g/mol. The van der Waals surface area contributed by atoms with Gasteiger partial charge in [-0.3, -0.25) is 9.59 Å². The highest BCUT2D eigenvalue weighted by Gasteiger charge is 2.34. The van der Waals surface area contributed by atoms with Gasteiger partial charge in [-0.15, -0.1) is 0 Å². The SMILES string of the molecule is CC(C)Cc1cc(CNC(=O)[C@H]2CNC[C@@H](C(=O)N3CCCC3)C2)no1. The van der Waals surface area contributed by atoms with Gasteiger partial charge in [0.15, 0.2) is 0 Å². The molecule has 0 spiro atoms. The number of nitrogens with one attached hydrogen (secondary N) is 2. The van der Waals surface area contributed by atoms with Gasteiger partial charge in [0.2, 0.25) is 11.8 Å². The van der Waals surface area contributed by atoms with E-state index in [1.165, 1.54) is 0 Å². The Morgan fingerprint density at radius 1 is 1.31 bits per heavy atom. The van der Waals surface area contributed by atoms with E-state index in [0.717, 1.165) is 43.8 Å². The van der Waals surface area contributed by atoms with E-state index in [-0.39, 0.29) is 23.7 Å². The van der Waals surface area contributed by atoms with Gasteiger partial charge in [0.25, 0.3) is 0 Å². The molecule has 3 heterocycles. The number of carbonyl (C=O) groups is 2.